The van der Waals surface area contributed by atoms with Crippen LogP contribution in [0.25, 0.3) is 0 Å². The third-order valence-corrected chi connectivity index (χ3v) is 2.06. The molecule has 2 heterocycles. The highest BCUT2D eigenvalue weighted by atomic mass is 35.5. The second kappa shape index (κ2) is 3.76. The molecule has 0 radical (unpaired) electrons. The summed E-state index contributed by atoms with van der Waals surface area (Å²) >= 11 is 0. The Hall–Kier alpha value is -1.07. The Morgan fingerprint density at radius 3 is 2.23 bits per heavy atom. The van der Waals surface area contributed by atoms with Crippen molar-refractivity contribution in [3.05, 3.63) is 31.8 Å². The van der Waals surface area contributed by atoms with Gasteiger partial charge in [-0.3, -0.25) is 19.8 Å². The Bertz CT molecular complexity index is 370. The number of halogens is 1. The van der Waals surface area contributed by atoms with Gasteiger partial charge < -0.3 is 5.32 Å². The largest absolute Gasteiger partial charge is 0.312 e. The Labute approximate surface area is 80.0 Å². The first-order valence-electron chi connectivity index (χ1n) is 3.82. The van der Waals surface area contributed by atoms with E-state index in [0.717, 1.165) is 6.54 Å². The molecule has 0 fully saturated rings. The molecular weight excluding hydrogens is 194 g/mol. The van der Waals surface area contributed by atoms with E-state index in [0.29, 0.717) is 24.1 Å². The van der Waals surface area contributed by atoms with Crippen molar-refractivity contribution in [1.82, 2.24) is 15.5 Å². The summed E-state index contributed by atoms with van der Waals surface area (Å²) in [6.07, 6.45) is 0.634. The summed E-state index contributed by atoms with van der Waals surface area (Å²) in [5.74, 6) is 0. The lowest BCUT2D eigenvalue weighted by Crippen LogP contribution is -2.36. The lowest BCUT2D eigenvalue weighted by molar-refractivity contribution is 0.623. The molecule has 1 aliphatic heterocycles. The lowest BCUT2D eigenvalue weighted by atomic mass is 10.1. The van der Waals surface area contributed by atoms with E-state index in [1.54, 1.807) is 0 Å². The SMILES string of the molecule is Cl.O=c1[nH][nH]c(=O)c2c1CCNC2. The van der Waals surface area contributed by atoms with Crippen LogP contribution in [0, 0.1) is 0 Å². The van der Waals surface area contributed by atoms with Gasteiger partial charge in [-0.25, -0.2) is 0 Å². The number of rotatable bonds is 0. The van der Waals surface area contributed by atoms with Crippen molar-refractivity contribution in [3.63, 3.8) is 0 Å². The van der Waals surface area contributed by atoms with Gasteiger partial charge in [0.1, 0.15) is 0 Å². The fraction of sp³-hybridized carbons (Fsp3) is 0.429. The minimum Gasteiger partial charge on any atom is -0.312 e. The van der Waals surface area contributed by atoms with Crippen molar-refractivity contribution in [1.29, 1.82) is 0 Å². The number of hydrogen-bond acceptors (Lipinski definition) is 3. The van der Waals surface area contributed by atoms with E-state index in [2.05, 4.69) is 15.5 Å². The quantitative estimate of drug-likeness (QED) is 0.513. The van der Waals surface area contributed by atoms with E-state index < -0.39 is 0 Å². The molecule has 0 saturated carbocycles. The monoisotopic (exact) mass is 203 g/mol. The van der Waals surface area contributed by atoms with Crippen LogP contribution >= 0.6 is 12.4 Å². The van der Waals surface area contributed by atoms with Gasteiger partial charge in [0.25, 0.3) is 11.1 Å². The summed E-state index contributed by atoms with van der Waals surface area (Å²) in [6.45, 7) is 1.26. The molecule has 0 bridgehead atoms. The molecule has 0 spiro atoms. The molecule has 0 unspecified atom stereocenters. The van der Waals surface area contributed by atoms with Crippen molar-refractivity contribution in [2.24, 2.45) is 0 Å². The highest BCUT2D eigenvalue weighted by Crippen LogP contribution is 2.01. The summed E-state index contributed by atoms with van der Waals surface area (Å²) in [5, 5.41) is 7.64. The third kappa shape index (κ3) is 1.66. The van der Waals surface area contributed by atoms with Crippen LogP contribution in [0.4, 0.5) is 0 Å². The van der Waals surface area contributed by atoms with Gasteiger partial charge in [0.2, 0.25) is 0 Å². The third-order valence-electron chi connectivity index (χ3n) is 2.06. The van der Waals surface area contributed by atoms with Crippen molar-refractivity contribution < 1.29 is 0 Å². The summed E-state index contributed by atoms with van der Waals surface area (Å²) < 4.78 is 0. The minimum absolute atomic E-state index is 0. The topological polar surface area (TPSA) is 77.8 Å². The average molecular weight is 204 g/mol. The van der Waals surface area contributed by atoms with E-state index in [1.165, 1.54) is 0 Å². The van der Waals surface area contributed by atoms with Crippen molar-refractivity contribution in [3.8, 4) is 0 Å². The number of aromatic amines is 2. The van der Waals surface area contributed by atoms with E-state index in [-0.39, 0.29) is 23.5 Å². The maximum Gasteiger partial charge on any atom is 0.267 e. The lowest BCUT2D eigenvalue weighted by Gasteiger charge is -2.13. The zero-order chi connectivity index (χ0) is 8.55. The van der Waals surface area contributed by atoms with Gasteiger partial charge in [0, 0.05) is 17.7 Å². The molecule has 1 aromatic heterocycles. The number of fused-ring (bicyclic) bond motifs is 1. The first-order valence-corrected chi connectivity index (χ1v) is 3.82. The average Bonchev–Trinajstić information content (AvgIpc) is 2.12. The molecular formula is C7H10ClN3O2. The summed E-state index contributed by atoms with van der Waals surface area (Å²) in [5.41, 5.74) is 0.824. The van der Waals surface area contributed by atoms with E-state index in [4.69, 9.17) is 0 Å². The zero-order valence-electron chi connectivity index (χ0n) is 6.85. The fourth-order valence-electron chi connectivity index (χ4n) is 1.42. The van der Waals surface area contributed by atoms with Gasteiger partial charge in [-0.15, -0.1) is 12.4 Å². The molecule has 2 rings (SSSR count). The van der Waals surface area contributed by atoms with Gasteiger partial charge in [-0.1, -0.05) is 0 Å². The predicted octanol–water partition coefficient (Wildman–Crippen LogP) is -0.869. The first-order chi connectivity index (χ1) is 5.79. The zero-order valence-corrected chi connectivity index (χ0v) is 7.66. The standard InChI is InChI=1S/C7H9N3O2.ClH/c11-6-4-1-2-8-3-5(4)7(12)10-9-6;/h8H,1-3H2,(H,9,11)(H,10,12);1H. The number of hydrogen-bond donors (Lipinski definition) is 3. The van der Waals surface area contributed by atoms with Gasteiger partial charge in [-0.05, 0) is 13.0 Å². The predicted molar refractivity (Wildman–Crippen MR) is 50.3 cm³/mol. The molecule has 72 valence electrons. The molecule has 3 N–H and O–H groups in total. The van der Waals surface area contributed by atoms with Crippen molar-refractivity contribution >= 4 is 12.4 Å². The Kier molecular flexibility index (Phi) is 2.90. The number of aromatic nitrogens is 2. The van der Waals surface area contributed by atoms with Crippen LogP contribution in [-0.2, 0) is 13.0 Å². The van der Waals surface area contributed by atoms with Gasteiger partial charge in [0.15, 0.2) is 0 Å². The Morgan fingerprint density at radius 2 is 1.62 bits per heavy atom. The van der Waals surface area contributed by atoms with E-state index in [1.807, 2.05) is 0 Å². The maximum atomic E-state index is 11.2. The van der Waals surface area contributed by atoms with Crippen LogP contribution in [0.3, 0.4) is 0 Å². The Morgan fingerprint density at radius 1 is 1.00 bits per heavy atom. The molecule has 0 saturated heterocycles. The summed E-state index contributed by atoms with van der Waals surface area (Å²) in [6, 6.07) is 0. The van der Waals surface area contributed by atoms with Crippen LogP contribution < -0.4 is 16.4 Å². The Balaban J connectivity index is 0.000000845. The minimum atomic E-state index is -0.197. The fourth-order valence-corrected chi connectivity index (χ4v) is 1.42. The molecule has 6 heteroatoms. The number of H-pyrrole nitrogens is 2. The summed E-state index contributed by atoms with van der Waals surface area (Å²) in [4.78, 5) is 22.3. The van der Waals surface area contributed by atoms with Crippen LogP contribution in [-0.4, -0.2) is 16.7 Å². The van der Waals surface area contributed by atoms with Crippen LogP contribution in [0.5, 0.6) is 0 Å². The second-order valence-electron chi connectivity index (χ2n) is 2.79. The summed E-state index contributed by atoms with van der Waals surface area (Å²) in [7, 11) is 0. The van der Waals surface area contributed by atoms with Crippen LogP contribution in [0.15, 0.2) is 9.59 Å². The maximum absolute atomic E-state index is 11.2. The number of nitrogens with one attached hydrogen (secondary N) is 3. The van der Waals surface area contributed by atoms with Gasteiger partial charge >= 0.3 is 0 Å². The first kappa shape index (κ1) is 10.0. The van der Waals surface area contributed by atoms with Crippen LogP contribution in [0.1, 0.15) is 11.1 Å². The molecule has 5 nitrogen and oxygen atoms in total. The normalized spacial score (nSPS) is 14.5. The molecule has 0 atom stereocenters. The van der Waals surface area contributed by atoms with E-state index in [9.17, 15) is 9.59 Å². The highest BCUT2D eigenvalue weighted by molar-refractivity contribution is 5.85. The molecule has 1 aromatic rings. The van der Waals surface area contributed by atoms with Crippen LogP contribution in [0.2, 0.25) is 0 Å². The van der Waals surface area contributed by atoms with Crippen molar-refractivity contribution in [2.75, 3.05) is 6.54 Å². The highest BCUT2D eigenvalue weighted by Gasteiger charge is 2.14. The molecule has 0 aliphatic carbocycles. The molecule has 1 aliphatic rings. The molecule has 13 heavy (non-hydrogen) atoms. The van der Waals surface area contributed by atoms with Gasteiger partial charge in [0.05, 0.1) is 0 Å². The van der Waals surface area contributed by atoms with E-state index >= 15 is 0 Å². The smallest absolute Gasteiger partial charge is 0.267 e. The van der Waals surface area contributed by atoms with Crippen molar-refractivity contribution in [2.45, 2.75) is 13.0 Å². The van der Waals surface area contributed by atoms with Gasteiger partial charge in [-0.2, -0.15) is 0 Å². The molecule has 0 aromatic carbocycles. The second-order valence-corrected chi connectivity index (χ2v) is 2.79. The molecule has 0 amide bonds.